The van der Waals surface area contributed by atoms with Crippen molar-refractivity contribution < 1.29 is 18.3 Å². The number of aryl methyl sites for hydroxylation is 1. The molecule has 1 heterocycles. The first-order chi connectivity index (χ1) is 11.0. The van der Waals surface area contributed by atoms with Crippen LogP contribution in [0.5, 0.6) is 11.5 Å². The zero-order valence-electron chi connectivity index (χ0n) is 12.5. The lowest BCUT2D eigenvalue weighted by molar-refractivity contribution is 0.0804. The summed E-state index contributed by atoms with van der Waals surface area (Å²) in [6, 6.07) is 8.11. The Kier molecular flexibility index (Phi) is 4.96. The zero-order valence-corrected chi connectivity index (χ0v) is 12.5. The third-order valence-corrected chi connectivity index (χ3v) is 3.12. The Hall–Kier alpha value is -2.88. The maximum absolute atomic E-state index is 12.2. The van der Waals surface area contributed by atoms with Gasteiger partial charge in [0.2, 0.25) is 0 Å². The first-order valence-electron chi connectivity index (χ1n) is 6.69. The van der Waals surface area contributed by atoms with Gasteiger partial charge in [-0.25, -0.2) is 8.78 Å². The summed E-state index contributed by atoms with van der Waals surface area (Å²) in [5.74, 6) is 0.404. The predicted octanol–water partition coefficient (Wildman–Crippen LogP) is 2.87. The van der Waals surface area contributed by atoms with Crippen molar-refractivity contribution in [1.82, 2.24) is 4.98 Å². The van der Waals surface area contributed by atoms with Crippen LogP contribution in [0.3, 0.4) is 0 Å². The topological polar surface area (TPSA) is 75.1 Å². The minimum absolute atomic E-state index is 0.0288. The second-order valence-electron chi connectivity index (χ2n) is 4.75. The van der Waals surface area contributed by atoms with Gasteiger partial charge in [-0.3, -0.25) is 4.79 Å². The average Bonchev–Trinajstić information content (AvgIpc) is 2.52. The molecule has 0 atom stereocenters. The third kappa shape index (κ3) is 3.66. The maximum atomic E-state index is 12.2. The smallest absolute Gasteiger partial charge is 0.272 e. The fraction of sp³-hybridized carbons (Fsp3) is 0.250. The molecule has 0 amide bonds. The van der Waals surface area contributed by atoms with Crippen LogP contribution in [0.4, 0.5) is 8.78 Å². The SMILES string of the molecule is COc1cc(-c2cc(C)[nH]c(=O)c2C#N)ccc1OCC(F)F. The Morgan fingerprint density at radius 1 is 1.30 bits per heavy atom. The number of benzene rings is 1. The normalized spacial score (nSPS) is 10.4. The number of hydrogen-bond acceptors (Lipinski definition) is 4. The Morgan fingerprint density at radius 2 is 2.04 bits per heavy atom. The van der Waals surface area contributed by atoms with Gasteiger partial charge < -0.3 is 14.5 Å². The molecule has 5 nitrogen and oxygen atoms in total. The zero-order chi connectivity index (χ0) is 17.0. The highest BCUT2D eigenvalue weighted by atomic mass is 19.3. The van der Waals surface area contributed by atoms with E-state index in [2.05, 4.69) is 4.98 Å². The van der Waals surface area contributed by atoms with Gasteiger partial charge in [0.1, 0.15) is 18.2 Å². The van der Waals surface area contributed by atoms with E-state index in [1.807, 2.05) is 6.07 Å². The molecule has 0 spiro atoms. The molecule has 23 heavy (non-hydrogen) atoms. The Bertz CT molecular complexity index is 810. The number of aromatic amines is 1. The summed E-state index contributed by atoms with van der Waals surface area (Å²) < 4.78 is 34.6. The van der Waals surface area contributed by atoms with Crippen molar-refractivity contribution in [2.24, 2.45) is 0 Å². The molecule has 0 aliphatic carbocycles. The first-order valence-corrected chi connectivity index (χ1v) is 6.69. The molecule has 0 aliphatic rings. The minimum atomic E-state index is -2.60. The summed E-state index contributed by atoms with van der Waals surface area (Å²) in [5, 5.41) is 9.17. The van der Waals surface area contributed by atoms with E-state index in [0.29, 0.717) is 16.8 Å². The number of rotatable bonds is 5. The number of nitriles is 1. The van der Waals surface area contributed by atoms with E-state index in [9.17, 15) is 13.6 Å². The molecule has 7 heteroatoms. The number of nitrogens with one attached hydrogen (secondary N) is 1. The lowest BCUT2D eigenvalue weighted by Gasteiger charge is -2.12. The van der Waals surface area contributed by atoms with E-state index < -0.39 is 18.6 Å². The molecule has 1 aromatic heterocycles. The van der Waals surface area contributed by atoms with Crippen molar-refractivity contribution in [3.8, 4) is 28.7 Å². The highest BCUT2D eigenvalue weighted by Gasteiger charge is 2.14. The molecule has 0 saturated heterocycles. The van der Waals surface area contributed by atoms with Gasteiger partial charge in [-0.15, -0.1) is 0 Å². The summed E-state index contributed by atoms with van der Waals surface area (Å²) in [5.41, 5.74) is 1.07. The molecule has 0 fully saturated rings. The van der Waals surface area contributed by atoms with Crippen LogP contribution in [-0.2, 0) is 0 Å². The number of aromatic nitrogens is 1. The van der Waals surface area contributed by atoms with Crippen molar-refractivity contribution in [2.75, 3.05) is 13.7 Å². The molecule has 0 saturated carbocycles. The fourth-order valence-corrected chi connectivity index (χ4v) is 2.13. The van der Waals surface area contributed by atoms with Crippen LogP contribution in [-0.4, -0.2) is 25.1 Å². The van der Waals surface area contributed by atoms with Gasteiger partial charge in [0.15, 0.2) is 11.5 Å². The molecule has 0 bridgehead atoms. The van der Waals surface area contributed by atoms with Crippen LogP contribution in [0.25, 0.3) is 11.1 Å². The average molecular weight is 320 g/mol. The van der Waals surface area contributed by atoms with Gasteiger partial charge in [0, 0.05) is 11.3 Å². The van der Waals surface area contributed by atoms with Gasteiger partial charge in [0.05, 0.1) is 7.11 Å². The van der Waals surface area contributed by atoms with Crippen LogP contribution >= 0.6 is 0 Å². The van der Waals surface area contributed by atoms with E-state index in [4.69, 9.17) is 14.7 Å². The molecular weight excluding hydrogens is 306 g/mol. The number of halogens is 2. The summed E-state index contributed by atoms with van der Waals surface area (Å²) >= 11 is 0. The summed E-state index contributed by atoms with van der Waals surface area (Å²) in [6.45, 7) is 0.951. The molecular formula is C16H14F2N2O3. The van der Waals surface area contributed by atoms with Crippen LogP contribution < -0.4 is 15.0 Å². The molecule has 0 unspecified atom stereocenters. The van der Waals surface area contributed by atoms with Crippen LogP contribution in [0.2, 0.25) is 0 Å². The highest BCUT2D eigenvalue weighted by Crippen LogP contribution is 2.33. The molecule has 2 aromatic rings. The first kappa shape index (κ1) is 16.5. The highest BCUT2D eigenvalue weighted by molar-refractivity contribution is 5.72. The number of H-pyrrole nitrogens is 1. The van der Waals surface area contributed by atoms with E-state index in [0.717, 1.165) is 0 Å². The fourth-order valence-electron chi connectivity index (χ4n) is 2.13. The van der Waals surface area contributed by atoms with Gasteiger partial charge in [-0.05, 0) is 30.7 Å². The lowest BCUT2D eigenvalue weighted by atomic mass is 10.0. The third-order valence-electron chi connectivity index (χ3n) is 3.12. The largest absolute Gasteiger partial charge is 0.493 e. The summed E-state index contributed by atoms with van der Waals surface area (Å²) in [7, 11) is 1.38. The van der Waals surface area contributed by atoms with Crippen molar-refractivity contribution in [3.05, 3.63) is 45.9 Å². The second-order valence-corrected chi connectivity index (χ2v) is 4.75. The van der Waals surface area contributed by atoms with Crippen molar-refractivity contribution >= 4 is 0 Å². The number of hydrogen-bond donors (Lipinski definition) is 1. The number of ether oxygens (including phenoxy) is 2. The van der Waals surface area contributed by atoms with Gasteiger partial charge in [0.25, 0.3) is 12.0 Å². The van der Waals surface area contributed by atoms with Crippen LogP contribution in [0.15, 0.2) is 29.1 Å². The van der Waals surface area contributed by atoms with E-state index in [1.54, 1.807) is 19.1 Å². The van der Waals surface area contributed by atoms with Crippen molar-refractivity contribution in [3.63, 3.8) is 0 Å². The van der Waals surface area contributed by atoms with E-state index in [1.165, 1.54) is 19.2 Å². The van der Waals surface area contributed by atoms with Gasteiger partial charge in [-0.2, -0.15) is 5.26 Å². The van der Waals surface area contributed by atoms with Crippen LogP contribution in [0, 0.1) is 18.3 Å². The van der Waals surface area contributed by atoms with Gasteiger partial charge >= 0.3 is 0 Å². The summed E-state index contributed by atoms with van der Waals surface area (Å²) in [6.07, 6.45) is -2.60. The second kappa shape index (κ2) is 6.92. The van der Waals surface area contributed by atoms with Crippen molar-refractivity contribution in [1.29, 1.82) is 5.26 Å². The van der Waals surface area contributed by atoms with E-state index in [-0.39, 0.29) is 17.1 Å². The minimum Gasteiger partial charge on any atom is -0.493 e. The molecule has 0 aliphatic heterocycles. The molecule has 2 rings (SSSR count). The predicted molar refractivity (Wildman–Crippen MR) is 80.0 cm³/mol. The molecule has 0 radical (unpaired) electrons. The molecule has 120 valence electrons. The lowest BCUT2D eigenvalue weighted by Crippen LogP contribution is -2.12. The maximum Gasteiger partial charge on any atom is 0.272 e. The van der Waals surface area contributed by atoms with Gasteiger partial charge in [-0.1, -0.05) is 6.07 Å². The monoisotopic (exact) mass is 320 g/mol. The summed E-state index contributed by atoms with van der Waals surface area (Å²) in [4.78, 5) is 14.4. The molecule has 1 aromatic carbocycles. The molecule has 1 N–H and O–H groups in total. The Balaban J connectivity index is 2.50. The quantitative estimate of drug-likeness (QED) is 0.919. The van der Waals surface area contributed by atoms with E-state index >= 15 is 0 Å². The Labute approximate surface area is 131 Å². The number of methoxy groups -OCH3 is 1. The standard InChI is InChI=1S/C16H14F2N2O3/c1-9-5-11(12(7-19)16(21)20-9)10-3-4-13(14(6-10)22-2)23-8-15(17)18/h3-6,15H,8H2,1-2H3,(H,20,21). The number of alkyl halides is 2. The number of nitrogens with zero attached hydrogens (tertiary/aromatic N) is 1. The number of pyridine rings is 1. The van der Waals surface area contributed by atoms with Crippen LogP contribution in [0.1, 0.15) is 11.3 Å². The Morgan fingerprint density at radius 3 is 2.65 bits per heavy atom. The van der Waals surface area contributed by atoms with Crippen molar-refractivity contribution in [2.45, 2.75) is 13.3 Å².